The average Bonchev–Trinajstić information content (AvgIpc) is 2.38. The third-order valence-corrected chi connectivity index (χ3v) is 2.62. The lowest BCUT2D eigenvalue weighted by atomic mass is 10.1. The second kappa shape index (κ2) is 7.25. The Balaban J connectivity index is 0.000000217. The molecule has 0 spiro atoms. The van der Waals surface area contributed by atoms with Crippen LogP contribution in [0.1, 0.15) is 12.5 Å². The summed E-state index contributed by atoms with van der Waals surface area (Å²) in [5.74, 6) is 0.146. The van der Waals surface area contributed by atoms with Gasteiger partial charge in [0.15, 0.2) is 0 Å². The van der Waals surface area contributed by atoms with E-state index in [1.165, 1.54) is 0 Å². The van der Waals surface area contributed by atoms with Gasteiger partial charge in [-0.05, 0) is 43.2 Å². The topological polar surface area (TPSA) is 119 Å². The zero-order valence-corrected chi connectivity index (χ0v) is 11.5. The number of anilines is 3. The van der Waals surface area contributed by atoms with Crippen molar-refractivity contribution in [1.82, 2.24) is 0 Å². The summed E-state index contributed by atoms with van der Waals surface area (Å²) in [6.07, 6.45) is 0.276. The van der Waals surface area contributed by atoms with Crippen LogP contribution in [0.5, 0.6) is 5.75 Å². The number of para-hydroxylation sites is 2. The molecule has 0 aliphatic rings. The van der Waals surface area contributed by atoms with Crippen molar-refractivity contribution in [3.05, 3.63) is 48.0 Å². The van der Waals surface area contributed by atoms with Crippen LogP contribution in [0.3, 0.4) is 0 Å². The fourth-order valence-electron chi connectivity index (χ4n) is 1.58. The van der Waals surface area contributed by atoms with Crippen molar-refractivity contribution in [3.63, 3.8) is 0 Å². The lowest BCUT2D eigenvalue weighted by Crippen LogP contribution is -2.05. The highest BCUT2D eigenvalue weighted by atomic mass is 16.3. The first-order valence-corrected chi connectivity index (χ1v) is 6.25. The van der Waals surface area contributed by atoms with Crippen molar-refractivity contribution >= 4 is 17.1 Å². The van der Waals surface area contributed by atoms with E-state index in [1.54, 1.807) is 43.3 Å². The minimum atomic E-state index is -0.340. The molecule has 5 heteroatoms. The predicted molar refractivity (Wildman–Crippen MR) is 83.2 cm³/mol. The van der Waals surface area contributed by atoms with Gasteiger partial charge in [-0.3, -0.25) is 0 Å². The van der Waals surface area contributed by atoms with Gasteiger partial charge in [0.2, 0.25) is 0 Å². The summed E-state index contributed by atoms with van der Waals surface area (Å²) in [6.45, 7) is 1.74. The van der Waals surface area contributed by atoms with Gasteiger partial charge in [0.05, 0.1) is 23.2 Å². The molecule has 2 rings (SSSR count). The van der Waals surface area contributed by atoms with E-state index in [2.05, 4.69) is 0 Å². The quantitative estimate of drug-likeness (QED) is 0.422. The summed E-state index contributed by atoms with van der Waals surface area (Å²) in [4.78, 5) is 0. The number of nitrogens with two attached hydrogens (primary N) is 3. The second-order valence-electron chi connectivity index (χ2n) is 4.58. The highest BCUT2D eigenvalue weighted by Gasteiger charge is 2.00. The van der Waals surface area contributed by atoms with Gasteiger partial charge in [0, 0.05) is 0 Å². The van der Waals surface area contributed by atoms with Gasteiger partial charge in [0.1, 0.15) is 5.75 Å². The summed E-state index contributed by atoms with van der Waals surface area (Å²) < 4.78 is 0. The number of nitrogen functional groups attached to an aromatic ring is 3. The van der Waals surface area contributed by atoms with E-state index < -0.39 is 0 Å². The van der Waals surface area contributed by atoms with Crippen LogP contribution in [-0.4, -0.2) is 16.3 Å². The average molecular weight is 275 g/mol. The highest BCUT2D eigenvalue weighted by Crippen LogP contribution is 2.17. The Morgan fingerprint density at radius 3 is 2.05 bits per heavy atom. The molecule has 5 nitrogen and oxygen atoms in total. The van der Waals surface area contributed by atoms with Crippen molar-refractivity contribution in [2.24, 2.45) is 0 Å². The standard InChI is InChI=1S/C9H14N2O.C6H7NO/c1-6(12)4-7-2-3-8(10)9(11)5-7;7-5-3-1-2-4-6(5)8/h2-3,5-6,12H,4,10-11H2,1H3;1-4,8H,7H2. The molecule has 0 amide bonds. The Bertz CT molecular complexity index is 536. The normalized spacial score (nSPS) is 11.3. The summed E-state index contributed by atoms with van der Waals surface area (Å²) in [6, 6.07) is 12.1. The maximum absolute atomic E-state index is 9.09. The molecule has 0 heterocycles. The zero-order chi connectivity index (χ0) is 15.1. The molecule has 1 unspecified atom stereocenters. The molecule has 2 aromatic rings. The fraction of sp³-hybridized carbons (Fsp3) is 0.200. The third-order valence-electron chi connectivity index (χ3n) is 2.62. The first kappa shape index (κ1) is 15.7. The summed E-state index contributed by atoms with van der Waals surface area (Å²) in [5, 5.41) is 17.9. The summed E-state index contributed by atoms with van der Waals surface area (Å²) in [5.41, 5.74) is 19.0. The van der Waals surface area contributed by atoms with Crippen molar-refractivity contribution < 1.29 is 10.2 Å². The molecule has 20 heavy (non-hydrogen) atoms. The number of aliphatic hydroxyl groups is 1. The zero-order valence-electron chi connectivity index (χ0n) is 11.5. The highest BCUT2D eigenvalue weighted by molar-refractivity contribution is 5.63. The maximum atomic E-state index is 9.09. The lowest BCUT2D eigenvalue weighted by molar-refractivity contribution is 0.195. The summed E-state index contributed by atoms with van der Waals surface area (Å²) in [7, 11) is 0. The van der Waals surface area contributed by atoms with E-state index in [-0.39, 0.29) is 11.9 Å². The maximum Gasteiger partial charge on any atom is 0.138 e. The van der Waals surface area contributed by atoms with Crippen LogP contribution in [0.25, 0.3) is 0 Å². The number of rotatable bonds is 2. The van der Waals surface area contributed by atoms with E-state index in [9.17, 15) is 0 Å². The molecule has 0 saturated heterocycles. The Kier molecular flexibility index (Phi) is 5.68. The van der Waals surface area contributed by atoms with Crippen LogP contribution in [0.2, 0.25) is 0 Å². The van der Waals surface area contributed by atoms with Crippen LogP contribution in [0, 0.1) is 0 Å². The van der Waals surface area contributed by atoms with Gasteiger partial charge in [-0.15, -0.1) is 0 Å². The van der Waals surface area contributed by atoms with Gasteiger partial charge in [-0.2, -0.15) is 0 Å². The van der Waals surface area contributed by atoms with Gasteiger partial charge >= 0.3 is 0 Å². The first-order valence-electron chi connectivity index (χ1n) is 6.25. The Morgan fingerprint density at radius 1 is 0.950 bits per heavy atom. The van der Waals surface area contributed by atoms with Crippen LogP contribution in [0.4, 0.5) is 17.1 Å². The van der Waals surface area contributed by atoms with Crippen LogP contribution in [0.15, 0.2) is 42.5 Å². The number of phenolic OH excluding ortho intramolecular Hbond substituents is 1. The van der Waals surface area contributed by atoms with Gasteiger partial charge in [-0.1, -0.05) is 18.2 Å². The molecule has 0 fully saturated rings. The van der Waals surface area contributed by atoms with Crippen molar-refractivity contribution in [1.29, 1.82) is 0 Å². The number of hydrogen-bond acceptors (Lipinski definition) is 5. The van der Waals surface area contributed by atoms with Gasteiger partial charge in [-0.25, -0.2) is 0 Å². The van der Waals surface area contributed by atoms with E-state index in [0.29, 0.717) is 23.5 Å². The Morgan fingerprint density at radius 2 is 1.60 bits per heavy atom. The largest absolute Gasteiger partial charge is 0.506 e. The van der Waals surface area contributed by atoms with Gasteiger partial charge in [0.25, 0.3) is 0 Å². The predicted octanol–water partition coefficient (Wildman–Crippen LogP) is 1.75. The fourth-order valence-corrected chi connectivity index (χ4v) is 1.58. The summed E-state index contributed by atoms with van der Waals surface area (Å²) >= 11 is 0. The molecular formula is C15H21N3O2. The molecule has 1 atom stereocenters. The molecule has 8 N–H and O–H groups in total. The molecule has 0 aliphatic heterocycles. The van der Waals surface area contributed by atoms with Crippen LogP contribution < -0.4 is 17.2 Å². The monoisotopic (exact) mass is 275 g/mol. The second-order valence-corrected chi connectivity index (χ2v) is 4.58. The van der Waals surface area contributed by atoms with E-state index >= 15 is 0 Å². The number of aliphatic hydroxyl groups excluding tert-OH is 1. The first-order chi connectivity index (χ1) is 9.40. The minimum absolute atomic E-state index is 0.146. The number of aromatic hydroxyl groups is 1. The molecule has 0 aliphatic carbocycles. The number of hydrogen-bond donors (Lipinski definition) is 5. The minimum Gasteiger partial charge on any atom is -0.506 e. The van der Waals surface area contributed by atoms with Crippen molar-refractivity contribution in [2.75, 3.05) is 17.2 Å². The molecule has 0 bridgehead atoms. The third kappa shape index (κ3) is 5.07. The number of benzene rings is 2. The van der Waals surface area contributed by atoms with E-state index in [4.69, 9.17) is 27.4 Å². The molecule has 0 aromatic heterocycles. The Hall–Kier alpha value is -2.40. The number of phenols is 1. The smallest absolute Gasteiger partial charge is 0.138 e. The van der Waals surface area contributed by atoms with Crippen LogP contribution >= 0.6 is 0 Å². The molecular weight excluding hydrogens is 254 g/mol. The molecule has 0 radical (unpaired) electrons. The van der Waals surface area contributed by atoms with Crippen molar-refractivity contribution in [3.8, 4) is 5.75 Å². The SMILES string of the molecule is CC(O)Cc1ccc(N)c(N)c1.Nc1ccccc1O. The Labute approximate surface area is 118 Å². The van der Waals surface area contributed by atoms with E-state index in [1.807, 2.05) is 6.07 Å². The van der Waals surface area contributed by atoms with Crippen molar-refractivity contribution in [2.45, 2.75) is 19.4 Å². The van der Waals surface area contributed by atoms with Crippen LogP contribution in [-0.2, 0) is 6.42 Å². The molecule has 2 aromatic carbocycles. The molecule has 0 saturated carbocycles. The van der Waals surface area contributed by atoms with E-state index in [0.717, 1.165) is 5.56 Å². The van der Waals surface area contributed by atoms with Gasteiger partial charge < -0.3 is 27.4 Å². The lowest BCUT2D eigenvalue weighted by Gasteiger charge is -2.06. The molecule has 108 valence electrons.